The van der Waals surface area contributed by atoms with Gasteiger partial charge in [-0.3, -0.25) is 9.59 Å². The predicted octanol–water partition coefficient (Wildman–Crippen LogP) is 2.22. The molecular formula is C16H18N2O3. The van der Waals surface area contributed by atoms with Crippen LogP contribution in [0, 0.1) is 5.92 Å². The number of aromatic nitrogens is 1. The van der Waals surface area contributed by atoms with Crippen LogP contribution in [0.5, 0.6) is 0 Å². The SMILES string of the molecule is CC(C(=O)O)C(NC(=O)c1cccn1C)c1ccccc1. The third-order valence-electron chi connectivity index (χ3n) is 3.51. The zero-order chi connectivity index (χ0) is 15.4. The largest absolute Gasteiger partial charge is 0.481 e. The van der Waals surface area contributed by atoms with Gasteiger partial charge in [-0.2, -0.15) is 0 Å². The number of rotatable bonds is 5. The highest BCUT2D eigenvalue weighted by Gasteiger charge is 2.27. The molecule has 2 unspecified atom stereocenters. The quantitative estimate of drug-likeness (QED) is 0.885. The van der Waals surface area contributed by atoms with E-state index in [1.165, 1.54) is 0 Å². The van der Waals surface area contributed by atoms with Gasteiger partial charge < -0.3 is 15.0 Å². The summed E-state index contributed by atoms with van der Waals surface area (Å²) in [6.07, 6.45) is 1.77. The number of carboxylic acid groups (broad SMARTS) is 1. The van der Waals surface area contributed by atoms with Gasteiger partial charge in [0, 0.05) is 13.2 Å². The topological polar surface area (TPSA) is 71.3 Å². The Balaban J connectivity index is 2.27. The highest BCUT2D eigenvalue weighted by molar-refractivity contribution is 5.93. The van der Waals surface area contributed by atoms with Crippen LogP contribution in [0.15, 0.2) is 48.7 Å². The highest BCUT2D eigenvalue weighted by atomic mass is 16.4. The molecule has 110 valence electrons. The van der Waals surface area contributed by atoms with Gasteiger partial charge in [-0.1, -0.05) is 30.3 Å². The van der Waals surface area contributed by atoms with Crippen molar-refractivity contribution >= 4 is 11.9 Å². The highest BCUT2D eigenvalue weighted by Crippen LogP contribution is 2.22. The number of nitrogens with zero attached hydrogens (tertiary/aromatic N) is 1. The molecule has 0 bridgehead atoms. The molecule has 1 aromatic heterocycles. The van der Waals surface area contributed by atoms with E-state index in [1.807, 2.05) is 30.3 Å². The normalized spacial score (nSPS) is 13.4. The van der Waals surface area contributed by atoms with Gasteiger partial charge in [-0.05, 0) is 24.6 Å². The van der Waals surface area contributed by atoms with Gasteiger partial charge in [0.1, 0.15) is 5.69 Å². The van der Waals surface area contributed by atoms with Crippen molar-refractivity contribution in [2.75, 3.05) is 0 Å². The van der Waals surface area contributed by atoms with Crippen molar-refractivity contribution in [3.8, 4) is 0 Å². The average molecular weight is 286 g/mol. The van der Waals surface area contributed by atoms with E-state index in [1.54, 1.807) is 36.9 Å². The van der Waals surface area contributed by atoms with Gasteiger partial charge in [0.15, 0.2) is 0 Å². The summed E-state index contributed by atoms with van der Waals surface area (Å²) in [4.78, 5) is 23.6. The molecule has 0 aliphatic rings. The maximum Gasteiger partial charge on any atom is 0.308 e. The Morgan fingerprint density at radius 3 is 2.33 bits per heavy atom. The standard InChI is InChI=1S/C16H18N2O3/c1-11(16(20)21)14(12-7-4-3-5-8-12)17-15(19)13-9-6-10-18(13)2/h3-11,14H,1-2H3,(H,17,19)(H,20,21). The Bertz CT molecular complexity index is 634. The van der Waals surface area contributed by atoms with Crippen LogP contribution in [-0.4, -0.2) is 21.6 Å². The van der Waals surface area contributed by atoms with E-state index in [-0.39, 0.29) is 5.91 Å². The third kappa shape index (κ3) is 3.31. The summed E-state index contributed by atoms with van der Waals surface area (Å²) in [6, 6.07) is 12.0. The van der Waals surface area contributed by atoms with Gasteiger partial charge in [0.05, 0.1) is 12.0 Å². The van der Waals surface area contributed by atoms with Crippen molar-refractivity contribution < 1.29 is 14.7 Å². The fraction of sp³-hybridized carbons (Fsp3) is 0.250. The van der Waals surface area contributed by atoms with Crippen LogP contribution in [0.25, 0.3) is 0 Å². The lowest BCUT2D eigenvalue weighted by atomic mass is 9.94. The van der Waals surface area contributed by atoms with E-state index >= 15 is 0 Å². The Morgan fingerprint density at radius 1 is 1.14 bits per heavy atom. The van der Waals surface area contributed by atoms with Crippen molar-refractivity contribution in [2.24, 2.45) is 13.0 Å². The summed E-state index contributed by atoms with van der Waals surface area (Å²) < 4.78 is 1.70. The van der Waals surface area contributed by atoms with E-state index in [4.69, 9.17) is 0 Å². The molecule has 1 heterocycles. The Labute approximate surface area is 123 Å². The number of carbonyl (C=O) groups is 2. The monoisotopic (exact) mass is 286 g/mol. The van der Waals surface area contributed by atoms with E-state index in [0.29, 0.717) is 5.69 Å². The van der Waals surface area contributed by atoms with Gasteiger partial charge in [-0.25, -0.2) is 0 Å². The smallest absolute Gasteiger partial charge is 0.308 e. The molecule has 5 heteroatoms. The Hall–Kier alpha value is -2.56. The second kappa shape index (κ2) is 6.26. The Kier molecular flexibility index (Phi) is 4.42. The van der Waals surface area contributed by atoms with Crippen LogP contribution in [0.3, 0.4) is 0 Å². The van der Waals surface area contributed by atoms with Crippen LogP contribution in [0.4, 0.5) is 0 Å². The molecule has 5 nitrogen and oxygen atoms in total. The lowest BCUT2D eigenvalue weighted by molar-refractivity contribution is -0.142. The zero-order valence-corrected chi connectivity index (χ0v) is 12.0. The first-order valence-electron chi connectivity index (χ1n) is 6.70. The fourth-order valence-corrected chi connectivity index (χ4v) is 2.21. The third-order valence-corrected chi connectivity index (χ3v) is 3.51. The molecule has 21 heavy (non-hydrogen) atoms. The van der Waals surface area contributed by atoms with E-state index in [9.17, 15) is 14.7 Å². The molecule has 2 atom stereocenters. The van der Waals surface area contributed by atoms with Gasteiger partial charge in [0.2, 0.25) is 0 Å². The van der Waals surface area contributed by atoms with Crippen molar-refractivity contribution in [3.63, 3.8) is 0 Å². The second-order valence-electron chi connectivity index (χ2n) is 4.99. The lowest BCUT2D eigenvalue weighted by Crippen LogP contribution is -2.36. The molecule has 2 rings (SSSR count). The number of hydrogen-bond acceptors (Lipinski definition) is 2. The maximum atomic E-state index is 12.3. The molecular weight excluding hydrogens is 268 g/mol. The summed E-state index contributed by atoms with van der Waals surface area (Å²) in [6.45, 7) is 1.59. The molecule has 0 aliphatic carbocycles. The maximum absolute atomic E-state index is 12.3. The molecule has 0 saturated carbocycles. The first-order chi connectivity index (χ1) is 10.0. The molecule has 0 fully saturated rings. The molecule has 0 radical (unpaired) electrons. The number of amides is 1. The van der Waals surface area contributed by atoms with Crippen LogP contribution >= 0.6 is 0 Å². The Morgan fingerprint density at radius 2 is 1.81 bits per heavy atom. The second-order valence-corrected chi connectivity index (χ2v) is 4.99. The number of benzene rings is 1. The summed E-state index contributed by atoms with van der Waals surface area (Å²) >= 11 is 0. The first kappa shape index (κ1) is 14.8. The van der Waals surface area contributed by atoms with Gasteiger partial charge in [-0.15, -0.1) is 0 Å². The van der Waals surface area contributed by atoms with Crippen molar-refractivity contribution in [1.82, 2.24) is 9.88 Å². The number of carboxylic acids is 1. The molecule has 2 N–H and O–H groups in total. The minimum atomic E-state index is -0.948. The van der Waals surface area contributed by atoms with E-state index in [2.05, 4.69) is 5.32 Å². The number of aliphatic carboxylic acids is 1. The summed E-state index contributed by atoms with van der Waals surface area (Å²) in [5.41, 5.74) is 1.27. The summed E-state index contributed by atoms with van der Waals surface area (Å²) in [5, 5.41) is 12.1. The van der Waals surface area contributed by atoms with Crippen molar-refractivity contribution in [2.45, 2.75) is 13.0 Å². The number of aryl methyl sites for hydroxylation is 1. The van der Waals surface area contributed by atoms with Crippen LogP contribution < -0.4 is 5.32 Å². The lowest BCUT2D eigenvalue weighted by Gasteiger charge is -2.23. The van der Waals surface area contributed by atoms with Crippen LogP contribution in [-0.2, 0) is 11.8 Å². The van der Waals surface area contributed by atoms with Crippen LogP contribution in [0.1, 0.15) is 29.0 Å². The average Bonchev–Trinajstić information content (AvgIpc) is 2.91. The van der Waals surface area contributed by atoms with E-state index < -0.39 is 17.9 Å². The van der Waals surface area contributed by atoms with E-state index in [0.717, 1.165) is 5.56 Å². The zero-order valence-electron chi connectivity index (χ0n) is 12.0. The summed E-state index contributed by atoms with van der Waals surface area (Å²) in [7, 11) is 1.77. The first-order valence-corrected chi connectivity index (χ1v) is 6.70. The predicted molar refractivity (Wildman–Crippen MR) is 78.9 cm³/mol. The summed E-state index contributed by atoms with van der Waals surface area (Å²) in [5.74, 6) is -1.96. The molecule has 0 spiro atoms. The van der Waals surface area contributed by atoms with Gasteiger partial charge in [0.25, 0.3) is 5.91 Å². The number of nitrogens with one attached hydrogen (secondary N) is 1. The van der Waals surface area contributed by atoms with Crippen LogP contribution in [0.2, 0.25) is 0 Å². The molecule has 1 aromatic carbocycles. The van der Waals surface area contributed by atoms with Crippen molar-refractivity contribution in [1.29, 1.82) is 0 Å². The fourth-order valence-electron chi connectivity index (χ4n) is 2.21. The molecule has 0 saturated heterocycles. The number of carbonyl (C=O) groups excluding carboxylic acids is 1. The molecule has 2 aromatic rings. The minimum Gasteiger partial charge on any atom is -0.481 e. The van der Waals surface area contributed by atoms with Crippen molar-refractivity contribution in [3.05, 3.63) is 59.9 Å². The molecule has 0 aliphatic heterocycles. The molecule has 1 amide bonds. The number of hydrogen-bond donors (Lipinski definition) is 2. The minimum absolute atomic E-state index is 0.288. The van der Waals surface area contributed by atoms with Gasteiger partial charge >= 0.3 is 5.97 Å².